The molecule has 0 aromatic heterocycles. The van der Waals surface area contributed by atoms with Gasteiger partial charge in [-0.2, -0.15) is 0 Å². The Hall–Kier alpha value is -1.59. The number of aryl methyl sites for hydroxylation is 1. The summed E-state index contributed by atoms with van der Waals surface area (Å²) in [7, 11) is 1.55. The summed E-state index contributed by atoms with van der Waals surface area (Å²) in [4.78, 5) is 24.3. The normalized spacial score (nSPS) is 9.47. The summed E-state index contributed by atoms with van der Waals surface area (Å²) in [6, 6.07) is 5.70. The minimum absolute atomic E-state index is 0. The molecule has 2 amide bonds. The van der Waals surface area contributed by atoms with E-state index in [4.69, 9.17) is 5.73 Å². The van der Waals surface area contributed by atoms with Gasteiger partial charge in [0.25, 0.3) is 0 Å². The maximum Gasteiger partial charge on any atom is 0.243 e. The number of carbonyl (C=O) groups excluding carboxylic acids is 2. The monoisotopic (exact) mass is 285 g/mol. The fraction of sp³-hybridized carbons (Fsp3) is 0.385. The molecule has 1 rings (SSSR count). The number of rotatable bonds is 4. The number of anilines is 1. The van der Waals surface area contributed by atoms with Gasteiger partial charge in [-0.3, -0.25) is 9.59 Å². The van der Waals surface area contributed by atoms with Gasteiger partial charge in [0, 0.05) is 12.7 Å². The summed E-state index contributed by atoms with van der Waals surface area (Å²) in [5.41, 5.74) is 8.13. The number of carbonyl (C=O) groups is 2. The Morgan fingerprint density at radius 2 is 1.95 bits per heavy atom. The van der Waals surface area contributed by atoms with Crippen LogP contribution in [0.2, 0.25) is 0 Å². The number of likely N-dealkylation sites (N-methyl/N-ethyl adjacent to an activating group) is 1. The number of nitrogens with two attached hydrogens (primary N) is 1. The van der Waals surface area contributed by atoms with Gasteiger partial charge in [0.2, 0.25) is 11.8 Å². The maximum atomic E-state index is 11.8. The molecule has 19 heavy (non-hydrogen) atoms. The number of nitrogens with one attached hydrogen (secondary N) is 1. The Bertz CT molecular complexity index is 463. The molecule has 0 aliphatic heterocycles. The molecule has 1 aromatic rings. The van der Waals surface area contributed by atoms with E-state index < -0.39 is 0 Å². The highest BCUT2D eigenvalue weighted by Gasteiger charge is 2.12. The number of amides is 2. The number of benzene rings is 1. The van der Waals surface area contributed by atoms with Crippen molar-refractivity contribution in [3.05, 3.63) is 29.3 Å². The lowest BCUT2D eigenvalue weighted by Gasteiger charge is -2.16. The highest BCUT2D eigenvalue weighted by molar-refractivity contribution is 5.95. The first-order valence-electron chi connectivity index (χ1n) is 5.75. The van der Waals surface area contributed by atoms with Crippen LogP contribution in [0.25, 0.3) is 0 Å². The average Bonchev–Trinajstić information content (AvgIpc) is 2.33. The fourth-order valence-corrected chi connectivity index (χ4v) is 1.54. The topological polar surface area (TPSA) is 75.4 Å². The third-order valence-corrected chi connectivity index (χ3v) is 2.86. The van der Waals surface area contributed by atoms with Gasteiger partial charge in [0.05, 0.1) is 13.1 Å². The quantitative estimate of drug-likeness (QED) is 0.869. The van der Waals surface area contributed by atoms with E-state index in [2.05, 4.69) is 5.32 Å². The zero-order chi connectivity index (χ0) is 13.7. The van der Waals surface area contributed by atoms with E-state index in [1.54, 1.807) is 7.05 Å². The van der Waals surface area contributed by atoms with E-state index in [-0.39, 0.29) is 37.3 Å². The summed E-state index contributed by atoms with van der Waals surface area (Å²) >= 11 is 0. The van der Waals surface area contributed by atoms with Gasteiger partial charge in [-0.05, 0) is 31.0 Å². The molecule has 3 N–H and O–H groups in total. The van der Waals surface area contributed by atoms with Gasteiger partial charge >= 0.3 is 0 Å². The van der Waals surface area contributed by atoms with Crippen molar-refractivity contribution < 1.29 is 9.59 Å². The SMILES string of the molecule is Cc1cccc(NC(=O)CN(C)C(=O)CN)c1C.Cl. The maximum absolute atomic E-state index is 11.8. The van der Waals surface area contributed by atoms with Gasteiger partial charge in [-0.15, -0.1) is 12.4 Å². The third-order valence-electron chi connectivity index (χ3n) is 2.86. The summed E-state index contributed by atoms with van der Waals surface area (Å²) in [5, 5.41) is 2.79. The third kappa shape index (κ3) is 4.89. The molecule has 0 saturated carbocycles. The number of nitrogens with zero attached hydrogens (tertiary/aromatic N) is 1. The molecule has 0 heterocycles. The zero-order valence-electron chi connectivity index (χ0n) is 11.4. The minimum Gasteiger partial charge on any atom is -0.335 e. The van der Waals surface area contributed by atoms with Crippen LogP contribution in [0.4, 0.5) is 5.69 Å². The molecule has 0 atom stereocenters. The van der Waals surface area contributed by atoms with Gasteiger partial charge in [0.1, 0.15) is 0 Å². The number of halogens is 1. The number of hydrogen-bond donors (Lipinski definition) is 2. The molecular weight excluding hydrogens is 266 g/mol. The van der Waals surface area contributed by atoms with Crippen LogP contribution < -0.4 is 11.1 Å². The van der Waals surface area contributed by atoms with E-state index in [1.165, 1.54) is 4.90 Å². The highest BCUT2D eigenvalue weighted by atomic mass is 35.5. The largest absolute Gasteiger partial charge is 0.335 e. The first kappa shape index (κ1) is 17.4. The van der Waals surface area contributed by atoms with Crippen LogP contribution in [0.1, 0.15) is 11.1 Å². The van der Waals surface area contributed by atoms with Crippen molar-refractivity contribution in [1.82, 2.24) is 4.90 Å². The van der Waals surface area contributed by atoms with Crippen molar-refractivity contribution in [2.75, 3.05) is 25.5 Å². The smallest absolute Gasteiger partial charge is 0.243 e. The van der Waals surface area contributed by atoms with Crippen LogP contribution in [-0.2, 0) is 9.59 Å². The molecular formula is C13H20ClN3O2. The Morgan fingerprint density at radius 3 is 2.53 bits per heavy atom. The van der Waals surface area contributed by atoms with Crippen molar-refractivity contribution in [2.24, 2.45) is 5.73 Å². The summed E-state index contributed by atoms with van der Waals surface area (Å²) < 4.78 is 0. The molecule has 0 saturated heterocycles. The van der Waals surface area contributed by atoms with Gasteiger partial charge < -0.3 is 16.0 Å². The van der Waals surface area contributed by atoms with E-state index in [0.29, 0.717) is 0 Å². The second-order valence-corrected chi connectivity index (χ2v) is 4.25. The molecule has 5 nitrogen and oxygen atoms in total. The van der Waals surface area contributed by atoms with Crippen molar-refractivity contribution in [2.45, 2.75) is 13.8 Å². The van der Waals surface area contributed by atoms with Crippen molar-refractivity contribution in [1.29, 1.82) is 0 Å². The van der Waals surface area contributed by atoms with E-state index >= 15 is 0 Å². The summed E-state index contributed by atoms with van der Waals surface area (Å²) in [6.45, 7) is 3.84. The molecule has 0 unspecified atom stereocenters. The van der Waals surface area contributed by atoms with E-state index in [0.717, 1.165) is 16.8 Å². The Morgan fingerprint density at radius 1 is 1.32 bits per heavy atom. The molecule has 106 valence electrons. The molecule has 0 aliphatic rings. The second-order valence-electron chi connectivity index (χ2n) is 4.25. The van der Waals surface area contributed by atoms with Gasteiger partial charge in [-0.1, -0.05) is 12.1 Å². The number of hydrogen-bond acceptors (Lipinski definition) is 3. The van der Waals surface area contributed by atoms with Crippen LogP contribution in [0.15, 0.2) is 18.2 Å². The van der Waals surface area contributed by atoms with Crippen LogP contribution in [0.3, 0.4) is 0 Å². The standard InChI is InChI=1S/C13H19N3O2.ClH/c1-9-5-4-6-11(10(9)2)15-12(17)8-16(3)13(18)7-14;/h4-6H,7-8,14H2,1-3H3,(H,15,17);1H. The average molecular weight is 286 g/mol. The van der Waals surface area contributed by atoms with Crippen LogP contribution in [-0.4, -0.2) is 36.9 Å². The Kier molecular flexibility index (Phi) is 7.11. The molecule has 0 radical (unpaired) electrons. The minimum atomic E-state index is -0.258. The molecule has 0 fully saturated rings. The summed E-state index contributed by atoms with van der Waals surface area (Å²) in [6.07, 6.45) is 0. The Labute approximate surface area is 119 Å². The fourth-order valence-electron chi connectivity index (χ4n) is 1.54. The van der Waals surface area contributed by atoms with Crippen molar-refractivity contribution in [3.63, 3.8) is 0 Å². The van der Waals surface area contributed by atoms with Crippen LogP contribution in [0.5, 0.6) is 0 Å². The van der Waals surface area contributed by atoms with E-state index in [9.17, 15) is 9.59 Å². The van der Waals surface area contributed by atoms with Gasteiger partial charge in [-0.25, -0.2) is 0 Å². The molecule has 0 aliphatic carbocycles. The molecule has 6 heteroatoms. The predicted octanol–water partition coefficient (Wildman–Crippen LogP) is 1.08. The highest BCUT2D eigenvalue weighted by Crippen LogP contribution is 2.17. The predicted molar refractivity (Wildman–Crippen MR) is 78.5 cm³/mol. The second kappa shape index (κ2) is 7.76. The van der Waals surface area contributed by atoms with Gasteiger partial charge in [0.15, 0.2) is 0 Å². The lowest BCUT2D eigenvalue weighted by molar-refractivity contribution is -0.132. The molecule has 1 aromatic carbocycles. The first-order chi connectivity index (χ1) is 8.45. The summed E-state index contributed by atoms with van der Waals surface area (Å²) in [5.74, 6) is -0.487. The lowest BCUT2D eigenvalue weighted by Crippen LogP contribution is -2.38. The van der Waals surface area contributed by atoms with Crippen LogP contribution >= 0.6 is 12.4 Å². The van der Waals surface area contributed by atoms with Crippen molar-refractivity contribution in [3.8, 4) is 0 Å². The lowest BCUT2D eigenvalue weighted by atomic mass is 10.1. The molecule has 0 bridgehead atoms. The first-order valence-corrected chi connectivity index (χ1v) is 5.75. The Balaban J connectivity index is 0.00000324. The molecule has 0 spiro atoms. The van der Waals surface area contributed by atoms with E-state index in [1.807, 2.05) is 32.0 Å². The van der Waals surface area contributed by atoms with Crippen LogP contribution in [0, 0.1) is 13.8 Å². The zero-order valence-corrected chi connectivity index (χ0v) is 12.2. The van der Waals surface area contributed by atoms with Crippen molar-refractivity contribution >= 4 is 29.9 Å².